The van der Waals surface area contributed by atoms with Gasteiger partial charge in [-0.15, -0.1) is 0 Å². The molecule has 3 unspecified atom stereocenters. The molecule has 1 aromatic rings. The van der Waals surface area contributed by atoms with Crippen molar-refractivity contribution in [2.24, 2.45) is 4.99 Å². The first kappa shape index (κ1) is 19.8. The van der Waals surface area contributed by atoms with Crippen LogP contribution in [-0.2, 0) is 17.2 Å². The summed E-state index contributed by atoms with van der Waals surface area (Å²) in [6, 6.07) is 3.73. The molecule has 1 aliphatic rings. The van der Waals surface area contributed by atoms with Crippen LogP contribution in [0.5, 0.6) is 0 Å². The molecule has 0 radical (unpaired) electrons. The van der Waals surface area contributed by atoms with Crippen LogP contribution in [0.25, 0.3) is 0 Å². The average molecular weight is 371 g/mol. The van der Waals surface area contributed by atoms with Crippen LogP contribution < -0.4 is 10.6 Å². The lowest BCUT2D eigenvalue weighted by Gasteiger charge is -2.30. The van der Waals surface area contributed by atoms with Crippen LogP contribution in [0, 0.1) is 11.6 Å². The van der Waals surface area contributed by atoms with Gasteiger partial charge >= 0.3 is 0 Å². The van der Waals surface area contributed by atoms with E-state index >= 15 is 0 Å². The maximum Gasteiger partial charge on any atom is 0.191 e. The normalized spacial score (nSPS) is 22.5. The number of halogens is 2. The number of nitrogens with one attached hydrogen (secondary N) is 2. The number of benzene rings is 1. The van der Waals surface area contributed by atoms with Crippen molar-refractivity contribution in [3.8, 4) is 0 Å². The van der Waals surface area contributed by atoms with Crippen LogP contribution in [0.3, 0.4) is 0 Å². The summed E-state index contributed by atoms with van der Waals surface area (Å²) >= 11 is 0. The van der Waals surface area contributed by atoms with Gasteiger partial charge in [-0.05, 0) is 49.4 Å². The smallest absolute Gasteiger partial charge is 0.191 e. The minimum Gasteiger partial charge on any atom is -0.356 e. The maximum atomic E-state index is 13.6. The topological polar surface area (TPSA) is 53.5 Å². The molecule has 3 atom stereocenters. The van der Waals surface area contributed by atoms with Crippen LogP contribution in [-0.4, -0.2) is 40.8 Å². The highest BCUT2D eigenvalue weighted by Crippen LogP contribution is 2.23. The highest BCUT2D eigenvalue weighted by Gasteiger charge is 2.25. The van der Waals surface area contributed by atoms with Gasteiger partial charge in [0.15, 0.2) is 5.96 Å². The molecular formula is C18H27F2N3OS. The van der Waals surface area contributed by atoms with Crippen molar-refractivity contribution in [1.82, 2.24) is 10.6 Å². The molecule has 0 aromatic heterocycles. The van der Waals surface area contributed by atoms with E-state index < -0.39 is 22.4 Å². The second-order valence-electron chi connectivity index (χ2n) is 6.28. The van der Waals surface area contributed by atoms with E-state index in [9.17, 15) is 13.0 Å². The zero-order valence-electron chi connectivity index (χ0n) is 14.9. The van der Waals surface area contributed by atoms with E-state index in [0.717, 1.165) is 37.8 Å². The Morgan fingerprint density at radius 1 is 1.36 bits per heavy atom. The first-order valence-corrected chi connectivity index (χ1v) is 10.2. The summed E-state index contributed by atoms with van der Waals surface area (Å²) in [6.07, 6.45) is 4.34. The van der Waals surface area contributed by atoms with Crippen molar-refractivity contribution < 1.29 is 13.0 Å². The van der Waals surface area contributed by atoms with Crippen molar-refractivity contribution in [2.45, 2.75) is 50.3 Å². The Balaban J connectivity index is 1.82. The molecule has 0 aliphatic heterocycles. The Bertz CT molecular complexity index is 624. The zero-order chi connectivity index (χ0) is 18.2. The van der Waals surface area contributed by atoms with Crippen molar-refractivity contribution in [2.75, 3.05) is 19.3 Å². The van der Waals surface area contributed by atoms with Gasteiger partial charge in [-0.2, -0.15) is 0 Å². The summed E-state index contributed by atoms with van der Waals surface area (Å²) in [4.78, 5) is 4.19. The van der Waals surface area contributed by atoms with Gasteiger partial charge in [-0.25, -0.2) is 8.78 Å². The SMILES string of the molecule is CCS(=O)C1CCCC(NC(=NC)NCCc2cc(F)ccc2F)C1. The van der Waals surface area contributed by atoms with E-state index in [1.54, 1.807) is 7.05 Å². The van der Waals surface area contributed by atoms with Crippen molar-refractivity contribution in [1.29, 1.82) is 0 Å². The molecule has 2 rings (SSSR count). The predicted octanol–water partition coefficient (Wildman–Crippen LogP) is 2.75. The van der Waals surface area contributed by atoms with Crippen LogP contribution in [0.2, 0.25) is 0 Å². The molecule has 140 valence electrons. The zero-order valence-corrected chi connectivity index (χ0v) is 15.7. The largest absolute Gasteiger partial charge is 0.356 e. The third kappa shape index (κ3) is 6.06. The standard InChI is InChI=1S/C18H27F2N3OS/c1-3-25(24)16-6-4-5-15(12-16)23-18(21-2)22-10-9-13-11-14(19)7-8-17(13)20/h7-8,11,15-16H,3-6,9-10,12H2,1-2H3,(H2,21,22,23). The minimum atomic E-state index is -0.764. The van der Waals surface area contributed by atoms with Crippen LogP contribution >= 0.6 is 0 Å². The fraction of sp³-hybridized carbons (Fsp3) is 0.611. The van der Waals surface area contributed by atoms with Gasteiger partial charge in [0.1, 0.15) is 11.6 Å². The summed E-state index contributed by atoms with van der Waals surface area (Å²) < 4.78 is 38.9. The monoisotopic (exact) mass is 371 g/mol. The highest BCUT2D eigenvalue weighted by molar-refractivity contribution is 7.85. The molecule has 1 saturated carbocycles. The van der Waals surface area contributed by atoms with E-state index in [1.165, 1.54) is 6.07 Å². The highest BCUT2D eigenvalue weighted by atomic mass is 32.2. The van der Waals surface area contributed by atoms with Crippen LogP contribution in [0.4, 0.5) is 8.78 Å². The lowest BCUT2D eigenvalue weighted by molar-refractivity contribution is 0.413. The molecule has 25 heavy (non-hydrogen) atoms. The Labute approximate surface area is 151 Å². The second-order valence-corrected chi connectivity index (χ2v) is 8.29. The number of guanidine groups is 1. The van der Waals surface area contributed by atoms with Gasteiger partial charge in [0, 0.05) is 41.4 Å². The lowest BCUT2D eigenvalue weighted by Crippen LogP contribution is -2.47. The number of aliphatic imine (C=N–C) groups is 1. The second kappa shape index (κ2) is 9.85. The van der Waals surface area contributed by atoms with E-state index in [-0.39, 0.29) is 11.3 Å². The first-order chi connectivity index (χ1) is 12.0. The predicted molar refractivity (Wildman–Crippen MR) is 99.3 cm³/mol. The number of hydrogen-bond donors (Lipinski definition) is 2. The molecule has 1 aromatic carbocycles. The molecule has 2 N–H and O–H groups in total. The Morgan fingerprint density at radius 2 is 2.16 bits per heavy atom. The third-order valence-electron chi connectivity index (χ3n) is 4.54. The third-order valence-corrected chi connectivity index (χ3v) is 6.28. The summed E-state index contributed by atoms with van der Waals surface area (Å²) in [5, 5.41) is 6.75. The average Bonchev–Trinajstić information content (AvgIpc) is 2.63. The number of rotatable bonds is 6. The van der Waals surface area contributed by atoms with Crippen molar-refractivity contribution in [3.63, 3.8) is 0 Å². The van der Waals surface area contributed by atoms with Crippen LogP contribution in [0.15, 0.2) is 23.2 Å². The Kier molecular flexibility index (Phi) is 7.81. The molecule has 0 saturated heterocycles. The van der Waals surface area contributed by atoms with E-state index in [4.69, 9.17) is 0 Å². The summed E-state index contributed by atoms with van der Waals surface area (Å²) in [5.74, 6) is 0.507. The summed E-state index contributed by atoms with van der Waals surface area (Å²) in [6.45, 7) is 2.41. The van der Waals surface area contributed by atoms with Crippen LogP contribution in [0.1, 0.15) is 38.2 Å². The molecular weight excluding hydrogens is 344 g/mol. The van der Waals surface area contributed by atoms with Gasteiger partial charge in [-0.3, -0.25) is 9.20 Å². The fourth-order valence-corrected chi connectivity index (χ4v) is 4.54. The van der Waals surface area contributed by atoms with E-state index in [1.807, 2.05) is 6.92 Å². The Morgan fingerprint density at radius 3 is 2.88 bits per heavy atom. The first-order valence-electron chi connectivity index (χ1n) is 8.81. The van der Waals surface area contributed by atoms with Crippen molar-refractivity contribution >= 4 is 16.8 Å². The van der Waals surface area contributed by atoms with E-state index in [0.29, 0.717) is 30.2 Å². The Hall–Kier alpha value is -1.50. The van der Waals surface area contributed by atoms with Gasteiger partial charge in [0.05, 0.1) is 0 Å². The van der Waals surface area contributed by atoms with Gasteiger partial charge in [-0.1, -0.05) is 13.3 Å². The van der Waals surface area contributed by atoms with Gasteiger partial charge < -0.3 is 10.6 Å². The minimum absolute atomic E-state index is 0.242. The number of hydrogen-bond acceptors (Lipinski definition) is 2. The van der Waals surface area contributed by atoms with Gasteiger partial charge in [0.25, 0.3) is 0 Å². The molecule has 1 fully saturated rings. The quantitative estimate of drug-likeness (QED) is 0.597. The maximum absolute atomic E-state index is 13.6. The van der Waals surface area contributed by atoms with E-state index in [2.05, 4.69) is 15.6 Å². The van der Waals surface area contributed by atoms with Crippen molar-refractivity contribution in [3.05, 3.63) is 35.4 Å². The molecule has 0 spiro atoms. The lowest BCUT2D eigenvalue weighted by atomic mass is 9.95. The van der Waals surface area contributed by atoms with Gasteiger partial charge in [0.2, 0.25) is 0 Å². The number of nitrogens with zero attached hydrogens (tertiary/aromatic N) is 1. The molecule has 0 heterocycles. The molecule has 0 amide bonds. The summed E-state index contributed by atoms with van der Waals surface area (Å²) in [7, 11) is 0.920. The molecule has 4 nitrogen and oxygen atoms in total. The molecule has 1 aliphatic carbocycles. The molecule has 7 heteroatoms. The molecule has 0 bridgehead atoms. The summed E-state index contributed by atoms with van der Waals surface area (Å²) in [5.41, 5.74) is 0.346. The fourth-order valence-electron chi connectivity index (χ4n) is 3.19.